The molecule has 0 spiro atoms. The fraction of sp³-hybridized carbons (Fsp3) is 0.409. The topological polar surface area (TPSA) is 38.3 Å². The Morgan fingerprint density at radius 2 is 1.64 bits per heavy atom. The predicted octanol–water partition coefficient (Wildman–Crippen LogP) is 5.02. The summed E-state index contributed by atoms with van der Waals surface area (Å²) in [6.45, 7) is 10.2. The maximum Gasteiger partial charge on any atom is 0.261 e. The van der Waals surface area contributed by atoms with Crippen LogP contribution in [0.15, 0.2) is 48.5 Å². The van der Waals surface area contributed by atoms with Gasteiger partial charge in [0.05, 0.1) is 6.04 Å². The zero-order valence-electron chi connectivity index (χ0n) is 15.9. The molecular formula is C22H29NO2. The van der Waals surface area contributed by atoms with Crippen molar-refractivity contribution in [1.82, 2.24) is 5.32 Å². The van der Waals surface area contributed by atoms with E-state index in [9.17, 15) is 4.79 Å². The van der Waals surface area contributed by atoms with Crippen LogP contribution in [-0.4, -0.2) is 12.0 Å². The van der Waals surface area contributed by atoms with Crippen molar-refractivity contribution in [3.63, 3.8) is 0 Å². The quantitative estimate of drug-likeness (QED) is 0.769. The first-order valence-electron chi connectivity index (χ1n) is 9.07. The van der Waals surface area contributed by atoms with Gasteiger partial charge in [-0.2, -0.15) is 0 Å². The standard InChI is InChI=1S/C22H29NO2/c1-6-18-11-13-19(14-12-18)16(4)23-22(24)17(5)25-21-10-8-7-9-20(21)15(2)3/h7-17H,6H2,1-5H3,(H,23,24)/t16-,17-/m1/s1. The third-order valence-corrected chi connectivity index (χ3v) is 4.46. The minimum Gasteiger partial charge on any atom is -0.481 e. The first-order valence-corrected chi connectivity index (χ1v) is 9.07. The van der Waals surface area contributed by atoms with Gasteiger partial charge in [-0.1, -0.05) is 63.2 Å². The van der Waals surface area contributed by atoms with Gasteiger partial charge in [0.1, 0.15) is 5.75 Å². The lowest BCUT2D eigenvalue weighted by atomic mass is 10.0. The zero-order valence-corrected chi connectivity index (χ0v) is 15.9. The Hall–Kier alpha value is -2.29. The molecule has 3 heteroatoms. The van der Waals surface area contributed by atoms with Crippen molar-refractivity contribution in [3.8, 4) is 5.75 Å². The number of para-hydroxylation sites is 1. The third-order valence-electron chi connectivity index (χ3n) is 4.46. The lowest BCUT2D eigenvalue weighted by Crippen LogP contribution is -2.37. The van der Waals surface area contributed by atoms with Crippen molar-refractivity contribution in [2.24, 2.45) is 0 Å². The van der Waals surface area contributed by atoms with E-state index >= 15 is 0 Å². The second kappa shape index (κ2) is 8.70. The lowest BCUT2D eigenvalue weighted by Gasteiger charge is -2.21. The monoisotopic (exact) mass is 339 g/mol. The van der Waals surface area contributed by atoms with Gasteiger partial charge in [0.15, 0.2) is 6.10 Å². The molecule has 0 unspecified atom stereocenters. The van der Waals surface area contributed by atoms with Gasteiger partial charge in [0.2, 0.25) is 0 Å². The van der Waals surface area contributed by atoms with Crippen molar-refractivity contribution >= 4 is 5.91 Å². The van der Waals surface area contributed by atoms with Crippen LogP contribution >= 0.6 is 0 Å². The Labute approximate surface area is 151 Å². The number of hydrogen-bond acceptors (Lipinski definition) is 2. The Kier molecular flexibility index (Phi) is 6.63. The molecule has 0 bridgehead atoms. The number of nitrogens with one attached hydrogen (secondary N) is 1. The molecule has 2 atom stereocenters. The summed E-state index contributed by atoms with van der Waals surface area (Å²) in [5, 5.41) is 3.04. The van der Waals surface area contributed by atoms with Crippen molar-refractivity contribution in [2.75, 3.05) is 0 Å². The molecule has 0 saturated carbocycles. The molecule has 0 fully saturated rings. The van der Waals surface area contributed by atoms with E-state index in [0.717, 1.165) is 23.3 Å². The Bertz CT molecular complexity index is 691. The summed E-state index contributed by atoms with van der Waals surface area (Å²) in [6, 6.07) is 16.2. The summed E-state index contributed by atoms with van der Waals surface area (Å²) in [5.41, 5.74) is 3.51. The van der Waals surface area contributed by atoms with Gasteiger partial charge >= 0.3 is 0 Å². The summed E-state index contributed by atoms with van der Waals surface area (Å²) in [6.07, 6.45) is 0.471. The highest BCUT2D eigenvalue weighted by molar-refractivity contribution is 5.81. The van der Waals surface area contributed by atoms with Crippen molar-refractivity contribution < 1.29 is 9.53 Å². The summed E-state index contributed by atoms with van der Waals surface area (Å²) < 4.78 is 5.93. The molecule has 0 radical (unpaired) electrons. The van der Waals surface area contributed by atoms with Crippen molar-refractivity contribution in [3.05, 3.63) is 65.2 Å². The average molecular weight is 339 g/mol. The van der Waals surface area contributed by atoms with Crippen LogP contribution in [0.1, 0.15) is 63.3 Å². The highest BCUT2D eigenvalue weighted by Gasteiger charge is 2.19. The first kappa shape index (κ1) is 19.0. The second-order valence-corrected chi connectivity index (χ2v) is 6.78. The summed E-state index contributed by atoms with van der Waals surface area (Å²) in [4.78, 5) is 12.5. The zero-order chi connectivity index (χ0) is 18.4. The van der Waals surface area contributed by atoms with Crippen molar-refractivity contribution in [1.29, 1.82) is 0 Å². The molecule has 25 heavy (non-hydrogen) atoms. The number of hydrogen-bond donors (Lipinski definition) is 1. The second-order valence-electron chi connectivity index (χ2n) is 6.78. The van der Waals surface area contributed by atoms with E-state index in [0.29, 0.717) is 5.92 Å². The molecule has 0 aromatic heterocycles. The molecule has 0 aliphatic heterocycles. The van der Waals surface area contributed by atoms with E-state index in [1.54, 1.807) is 6.92 Å². The molecule has 1 amide bonds. The largest absolute Gasteiger partial charge is 0.481 e. The number of carbonyl (C=O) groups excluding carboxylic acids is 1. The molecule has 3 nitrogen and oxygen atoms in total. The molecule has 0 aliphatic rings. The molecule has 2 rings (SSSR count). The highest BCUT2D eigenvalue weighted by atomic mass is 16.5. The van der Waals surface area contributed by atoms with E-state index in [4.69, 9.17) is 4.74 Å². The number of amides is 1. The molecule has 0 saturated heterocycles. The van der Waals surface area contributed by atoms with Crippen LogP contribution in [0, 0.1) is 0 Å². The van der Waals surface area contributed by atoms with Crippen molar-refractivity contribution in [2.45, 2.75) is 59.1 Å². The van der Waals surface area contributed by atoms with Crippen LogP contribution in [0.2, 0.25) is 0 Å². The molecule has 1 N–H and O–H groups in total. The van der Waals surface area contributed by atoms with Gasteiger partial charge in [-0.15, -0.1) is 0 Å². The SMILES string of the molecule is CCc1ccc([C@@H](C)NC(=O)[C@@H](C)Oc2ccccc2C(C)C)cc1. The van der Waals surface area contributed by atoms with Crippen LogP contribution in [0.25, 0.3) is 0 Å². The van der Waals surface area contributed by atoms with Gasteiger partial charge in [0, 0.05) is 0 Å². The molecule has 0 aliphatic carbocycles. The maximum atomic E-state index is 12.5. The minimum atomic E-state index is -0.544. The lowest BCUT2D eigenvalue weighted by molar-refractivity contribution is -0.127. The third kappa shape index (κ3) is 5.09. The number of rotatable bonds is 7. The van der Waals surface area contributed by atoms with Crippen LogP contribution in [0.4, 0.5) is 0 Å². The molecule has 2 aromatic rings. The Balaban J connectivity index is 2.00. The fourth-order valence-corrected chi connectivity index (χ4v) is 2.76. The van der Waals surface area contributed by atoms with E-state index in [-0.39, 0.29) is 11.9 Å². The Morgan fingerprint density at radius 1 is 1.00 bits per heavy atom. The number of carbonyl (C=O) groups is 1. The van der Waals surface area contributed by atoms with Crippen LogP contribution in [0.3, 0.4) is 0 Å². The van der Waals surface area contributed by atoms with E-state index in [2.05, 4.69) is 50.4 Å². The molecule has 134 valence electrons. The van der Waals surface area contributed by atoms with Crippen LogP contribution in [-0.2, 0) is 11.2 Å². The molecule has 2 aromatic carbocycles. The fourth-order valence-electron chi connectivity index (χ4n) is 2.76. The highest BCUT2D eigenvalue weighted by Crippen LogP contribution is 2.26. The van der Waals surface area contributed by atoms with Gasteiger partial charge in [-0.25, -0.2) is 0 Å². The first-order chi connectivity index (χ1) is 11.9. The minimum absolute atomic E-state index is 0.0511. The molecular weight excluding hydrogens is 310 g/mol. The summed E-state index contributed by atoms with van der Waals surface area (Å²) in [5.74, 6) is 1.02. The van der Waals surface area contributed by atoms with E-state index < -0.39 is 6.10 Å². The number of aryl methyl sites for hydroxylation is 1. The number of ether oxygens (including phenoxy) is 1. The van der Waals surface area contributed by atoms with E-state index in [1.165, 1.54) is 5.56 Å². The predicted molar refractivity (Wildman–Crippen MR) is 103 cm³/mol. The van der Waals surface area contributed by atoms with Gasteiger partial charge < -0.3 is 10.1 Å². The smallest absolute Gasteiger partial charge is 0.261 e. The van der Waals surface area contributed by atoms with Crippen LogP contribution < -0.4 is 10.1 Å². The molecule has 0 heterocycles. The van der Waals surface area contributed by atoms with E-state index in [1.807, 2.05) is 31.2 Å². The van der Waals surface area contributed by atoms with Gasteiger partial charge in [-0.05, 0) is 48.9 Å². The van der Waals surface area contributed by atoms with Gasteiger partial charge in [0.25, 0.3) is 5.91 Å². The summed E-state index contributed by atoms with van der Waals surface area (Å²) in [7, 11) is 0. The Morgan fingerprint density at radius 3 is 2.24 bits per heavy atom. The van der Waals surface area contributed by atoms with Crippen LogP contribution in [0.5, 0.6) is 5.75 Å². The average Bonchev–Trinajstić information content (AvgIpc) is 2.61. The maximum absolute atomic E-state index is 12.5. The van der Waals surface area contributed by atoms with Gasteiger partial charge in [-0.3, -0.25) is 4.79 Å². The number of benzene rings is 2. The summed E-state index contributed by atoms with van der Waals surface area (Å²) >= 11 is 0. The normalized spacial score (nSPS) is 13.4.